The van der Waals surface area contributed by atoms with E-state index in [1.165, 1.54) is 12.4 Å². The third-order valence-corrected chi connectivity index (χ3v) is 2.19. The van der Waals surface area contributed by atoms with Gasteiger partial charge < -0.3 is 16.9 Å². The van der Waals surface area contributed by atoms with Crippen LogP contribution in [0.4, 0.5) is 9.59 Å². The van der Waals surface area contributed by atoms with E-state index >= 15 is 0 Å². The highest BCUT2D eigenvalue weighted by Crippen LogP contribution is 1.90. The van der Waals surface area contributed by atoms with Crippen molar-refractivity contribution in [3.8, 4) is 0 Å². The normalized spacial score (nSPS) is 9.60. The fraction of sp³-hybridized carbons (Fsp3) is 0. The van der Waals surface area contributed by atoms with E-state index in [1.807, 2.05) is 0 Å². The number of amides is 4. The molecule has 0 aliphatic heterocycles. The lowest BCUT2D eigenvalue weighted by Crippen LogP contribution is -2.24. The maximum absolute atomic E-state index is 10.2. The first-order valence-corrected chi connectivity index (χ1v) is 6.55. The maximum Gasteiger partial charge on any atom is 0.332 e. The summed E-state index contributed by atoms with van der Waals surface area (Å²) >= 11 is 0. The van der Waals surface area contributed by atoms with Crippen LogP contribution in [0.5, 0.6) is 0 Å². The van der Waals surface area contributed by atoms with Crippen molar-refractivity contribution < 1.29 is 15.1 Å². The molecule has 0 aliphatic carbocycles. The molecule has 0 aliphatic rings. The van der Waals surface area contributed by atoms with Gasteiger partial charge in [0.05, 0.1) is 12.4 Å². The van der Waals surface area contributed by atoms with Crippen LogP contribution >= 0.6 is 0 Å². The summed E-state index contributed by atoms with van der Waals surface area (Å²) in [6.45, 7) is 0. The molecule has 11 heteroatoms. The standard InChI is InChI=1S/2C7H8N4O.H2O/c2*8-7(12)11-10-5-6-1-3-9-4-2-6;/h2*1-5H,(H3,8,11,12);1H2/b2*10-5+;. The molecule has 0 fully saturated rings. The predicted molar refractivity (Wildman–Crippen MR) is 92.7 cm³/mol. The minimum absolute atomic E-state index is 0. The van der Waals surface area contributed by atoms with Gasteiger partial charge >= 0.3 is 12.1 Å². The number of urea groups is 2. The summed E-state index contributed by atoms with van der Waals surface area (Å²) < 4.78 is 0. The number of aromatic nitrogens is 2. The number of carbonyl (C=O) groups is 2. The van der Waals surface area contributed by atoms with Crippen LogP contribution in [-0.2, 0) is 0 Å². The Morgan fingerprint density at radius 3 is 1.40 bits per heavy atom. The summed E-state index contributed by atoms with van der Waals surface area (Å²) in [5.74, 6) is 0. The average molecular weight is 346 g/mol. The molecule has 0 saturated carbocycles. The molecule has 0 saturated heterocycles. The zero-order valence-corrected chi connectivity index (χ0v) is 13.0. The predicted octanol–water partition coefficient (Wildman–Crippen LogP) is -0.657. The Labute approximate surface area is 143 Å². The maximum atomic E-state index is 10.2. The molecule has 25 heavy (non-hydrogen) atoms. The van der Waals surface area contributed by atoms with E-state index < -0.39 is 12.1 Å². The second-order valence-electron chi connectivity index (χ2n) is 4.03. The number of rotatable bonds is 4. The number of pyridine rings is 2. The van der Waals surface area contributed by atoms with Crippen LogP contribution in [0.25, 0.3) is 0 Å². The topological polar surface area (TPSA) is 192 Å². The van der Waals surface area contributed by atoms with Gasteiger partial charge in [-0.25, -0.2) is 20.4 Å². The van der Waals surface area contributed by atoms with Crippen molar-refractivity contribution in [2.24, 2.45) is 21.7 Å². The molecule has 8 N–H and O–H groups in total. The highest BCUT2D eigenvalue weighted by Gasteiger charge is 1.86. The molecule has 2 aromatic heterocycles. The number of nitrogens with two attached hydrogens (primary N) is 2. The molecule has 0 bridgehead atoms. The van der Waals surface area contributed by atoms with E-state index in [2.05, 4.69) is 31.0 Å². The highest BCUT2D eigenvalue weighted by molar-refractivity contribution is 5.81. The summed E-state index contributed by atoms with van der Waals surface area (Å²) in [4.78, 5) is 28.0. The van der Waals surface area contributed by atoms with Crippen LogP contribution in [0.2, 0.25) is 0 Å². The first-order chi connectivity index (χ1) is 11.6. The van der Waals surface area contributed by atoms with Crippen LogP contribution in [0.1, 0.15) is 11.1 Å². The number of hydrogen-bond acceptors (Lipinski definition) is 6. The Balaban J connectivity index is 0.000000443. The van der Waals surface area contributed by atoms with Crippen molar-refractivity contribution in [3.63, 3.8) is 0 Å². The van der Waals surface area contributed by atoms with Crippen molar-refractivity contribution >= 4 is 24.5 Å². The lowest BCUT2D eigenvalue weighted by atomic mass is 10.3. The van der Waals surface area contributed by atoms with Gasteiger partial charge in [0.1, 0.15) is 0 Å². The van der Waals surface area contributed by atoms with E-state index in [0.29, 0.717) is 0 Å². The number of nitrogens with one attached hydrogen (secondary N) is 2. The zero-order chi connectivity index (χ0) is 17.6. The largest absolute Gasteiger partial charge is 0.412 e. The Hall–Kier alpha value is -3.86. The molecule has 0 aromatic carbocycles. The Morgan fingerprint density at radius 1 is 0.800 bits per heavy atom. The van der Waals surface area contributed by atoms with Gasteiger partial charge in [0, 0.05) is 24.8 Å². The summed E-state index contributed by atoms with van der Waals surface area (Å²) in [5.41, 5.74) is 15.4. The third-order valence-electron chi connectivity index (χ3n) is 2.19. The summed E-state index contributed by atoms with van der Waals surface area (Å²) in [6, 6.07) is 5.66. The second-order valence-corrected chi connectivity index (χ2v) is 4.03. The Morgan fingerprint density at radius 2 is 1.12 bits per heavy atom. The molecule has 132 valence electrons. The zero-order valence-electron chi connectivity index (χ0n) is 13.0. The third kappa shape index (κ3) is 11.4. The minimum Gasteiger partial charge on any atom is -0.412 e. The summed E-state index contributed by atoms with van der Waals surface area (Å²) in [5, 5.41) is 7.13. The highest BCUT2D eigenvalue weighted by atomic mass is 16.2. The van der Waals surface area contributed by atoms with E-state index in [9.17, 15) is 9.59 Å². The van der Waals surface area contributed by atoms with Gasteiger partial charge in [0.25, 0.3) is 0 Å². The van der Waals surface area contributed by atoms with E-state index in [-0.39, 0.29) is 5.48 Å². The molecule has 0 radical (unpaired) electrons. The minimum atomic E-state index is -0.680. The van der Waals surface area contributed by atoms with Crippen molar-refractivity contribution in [1.82, 2.24) is 20.8 Å². The molecular formula is C14H18N8O3. The van der Waals surface area contributed by atoms with Crippen LogP contribution in [0, 0.1) is 0 Å². The van der Waals surface area contributed by atoms with Crippen LogP contribution in [0.3, 0.4) is 0 Å². The lowest BCUT2D eigenvalue weighted by Gasteiger charge is -1.91. The summed E-state index contributed by atoms with van der Waals surface area (Å²) in [6.07, 6.45) is 9.48. The number of hydrogen-bond donors (Lipinski definition) is 4. The quantitative estimate of drug-likeness (QED) is 0.422. The van der Waals surface area contributed by atoms with Crippen LogP contribution in [-0.4, -0.2) is 39.9 Å². The lowest BCUT2D eigenvalue weighted by molar-refractivity contribution is 0.248. The SMILES string of the molecule is NC(=O)N/N=C/c1ccncc1.NC(=O)N/N=C/c1ccncc1.O. The van der Waals surface area contributed by atoms with Crippen molar-refractivity contribution in [2.75, 3.05) is 0 Å². The first kappa shape index (κ1) is 21.1. The molecule has 2 rings (SSSR count). The molecule has 0 atom stereocenters. The van der Waals surface area contributed by atoms with Crippen molar-refractivity contribution in [2.45, 2.75) is 0 Å². The molecule has 2 aromatic rings. The Bertz CT molecular complexity index is 630. The number of primary amides is 2. The second kappa shape index (κ2) is 12.7. The van der Waals surface area contributed by atoms with Gasteiger partial charge in [-0.3, -0.25) is 9.97 Å². The smallest absolute Gasteiger partial charge is 0.332 e. The first-order valence-electron chi connectivity index (χ1n) is 6.55. The van der Waals surface area contributed by atoms with E-state index in [0.717, 1.165) is 11.1 Å². The van der Waals surface area contributed by atoms with Gasteiger partial charge in [-0.05, 0) is 35.4 Å². The monoisotopic (exact) mass is 346 g/mol. The summed E-state index contributed by atoms with van der Waals surface area (Å²) in [7, 11) is 0. The van der Waals surface area contributed by atoms with Gasteiger partial charge in [-0.15, -0.1) is 0 Å². The average Bonchev–Trinajstić information content (AvgIpc) is 2.57. The fourth-order valence-corrected chi connectivity index (χ4v) is 1.24. The fourth-order valence-electron chi connectivity index (χ4n) is 1.24. The van der Waals surface area contributed by atoms with Crippen LogP contribution < -0.4 is 22.3 Å². The van der Waals surface area contributed by atoms with Gasteiger partial charge in [0.15, 0.2) is 0 Å². The van der Waals surface area contributed by atoms with Crippen molar-refractivity contribution in [1.29, 1.82) is 0 Å². The van der Waals surface area contributed by atoms with Gasteiger partial charge in [-0.2, -0.15) is 10.2 Å². The van der Waals surface area contributed by atoms with Crippen molar-refractivity contribution in [3.05, 3.63) is 60.2 Å². The molecule has 0 spiro atoms. The Kier molecular flexibility index (Phi) is 10.7. The number of hydrazone groups is 2. The molecule has 0 unspecified atom stereocenters. The molecule has 4 amide bonds. The van der Waals surface area contributed by atoms with Gasteiger partial charge in [0.2, 0.25) is 0 Å². The number of carbonyl (C=O) groups excluding carboxylic acids is 2. The molecule has 2 heterocycles. The van der Waals surface area contributed by atoms with Gasteiger partial charge in [-0.1, -0.05) is 0 Å². The van der Waals surface area contributed by atoms with E-state index in [1.54, 1.807) is 49.1 Å². The molecular weight excluding hydrogens is 328 g/mol. The number of nitrogens with zero attached hydrogens (tertiary/aromatic N) is 4. The van der Waals surface area contributed by atoms with Crippen LogP contribution in [0.15, 0.2) is 59.3 Å². The molecule has 11 nitrogen and oxygen atoms in total. The van der Waals surface area contributed by atoms with E-state index in [4.69, 9.17) is 11.5 Å².